The van der Waals surface area contributed by atoms with E-state index in [9.17, 15) is 0 Å². The Labute approximate surface area is 129 Å². The summed E-state index contributed by atoms with van der Waals surface area (Å²) >= 11 is 3.53. The summed E-state index contributed by atoms with van der Waals surface area (Å²) in [4.78, 5) is 9.34. The van der Waals surface area contributed by atoms with Crippen LogP contribution in [0.4, 0.5) is 5.82 Å². The van der Waals surface area contributed by atoms with Crippen molar-refractivity contribution in [2.24, 2.45) is 5.41 Å². The van der Waals surface area contributed by atoms with Gasteiger partial charge in [-0.2, -0.15) is 0 Å². The zero-order valence-corrected chi connectivity index (χ0v) is 14.6. The smallest absolute Gasteiger partial charge is 0.162 e. The number of nitrogens with one attached hydrogen (secondary N) is 1. The number of hydrogen-bond donors (Lipinski definition) is 1. The standard InChI is InChI=1S/C15H24BrN3O/c1-10-11(16)12(17-4)19-13(18-10)15(20-5)8-6-14(2,3)7-9-15/h6-9H2,1-5H3,(H,17,18,19). The SMILES string of the molecule is CNc1nc(C2(OC)CCC(C)(C)CC2)nc(C)c1Br. The third-order valence-electron chi connectivity index (χ3n) is 4.46. The van der Waals surface area contributed by atoms with Gasteiger partial charge in [-0.1, -0.05) is 13.8 Å². The zero-order chi connectivity index (χ0) is 15.0. The molecule has 20 heavy (non-hydrogen) atoms. The Morgan fingerprint density at radius 1 is 1.15 bits per heavy atom. The molecule has 0 aliphatic heterocycles. The van der Waals surface area contributed by atoms with Crippen LogP contribution >= 0.6 is 15.9 Å². The quantitative estimate of drug-likeness (QED) is 0.901. The second kappa shape index (κ2) is 5.60. The fourth-order valence-electron chi connectivity index (χ4n) is 2.78. The third-order valence-corrected chi connectivity index (χ3v) is 5.41. The molecule has 1 aromatic heterocycles. The van der Waals surface area contributed by atoms with Gasteiger partial charge >= 0.3 is 0 Å². The molecule has 1 aliphatic rings. The van der Waals surface area contributed by atoms with Crippen molar-refractivity contribution in [3.05, 3.63) is 16.0 Å². The van der Waals surface area contributed by atoms with Crippen LogP contribution in [0.3, 0.4) is 0 Å². The van der Waals surface area contributed by atoms with Crippen molar-refractivity contribution in [2.75, 3.05) is 19.5 Å². The molecule has 0 radical (unpaired) electrons. The number of anilines is 1. The van der Waals surface area contributed by atoms with E-state index in [4.69, 9.17) is 4.74 Å². The van der Waals surface area contributed by atoms with Crippen LogP contribution in [0.2, 0.25) is 0 Å². The van der Waals surface area contributed by atoms with Crippen LogP contribution in [0.1, 0.15) is 51.0 Å². The van der Waals surface area contributed by atoms with Gasteiger partial charge in [-0.15, -0.1) is 0 Å². The molecule has 0 unspecified atom stereocenters. The molecule has 1 aromatic rings. The number of hydrogen-bond acceptors (Lipinski definition) is 4. The summed E-state index contributed by atoms with van der Waals surface area (Å²) < 4.78 is 6.81. The maximum absolute atomic E-state index is 5.88. The number of aryl methyl sites for hydroxylation is 1. The summed E-state index contributed by atoms with van der Waals surface area (Å²) in [6, 6.07) is 0. The first-order valence-electron chi connectivity index (χ1n) is 7.11. The van der Waals surface area contributed by atoms with E-state index in [1.165, 1.54) is 0 Å². The van der Waals surface area contributed by atoms with E-state index in [1.54, 1.807) is 7.11 Å². The van der Waals surface area contributed by atoms with Crippen LogP contribution in [0.15, 0.2) is 4.47 Å². The van der Waals surface area contributed by atoms with Crippen LogP contribution in [0, 0.1) is 12.3 Å². The maximum Gasteiger partial charge on any atom is 0.162 e. The Balaban J connectivity index is 2.40. The molecule has 0 bridgehead atoms. The highest BCUT2D eigenvalue weighted by Gasteiger charge is 2.42. The minimum absolute atomic E-state index is 0.341. The van der Waals surface area contributed by atoms with E-state index in [1.807, 2.05) is 14.0 Å². The molecule has 1 heterocycles. The van der Waals surface area contributed by atoms with Crippen molar-refractivity contribution in [1.29, 1.82) is 0 Å². The predicted octanol–water partition coefficient (Wildman–Crippen LogP) is 4.03. The largest absolute Gasteiger partial charge is 0.372 e. The molecule has 0 amide bonds. The normalized spacial score (nSPS) is 20.7. The summed E-state index contributed by atoms with van der Waals surface area (Å²) in [6.07, 6.45) is 4.21. The molecule has 1 saturated carbocycles. The number of rotatable bonds is 3. The van der Waals surface area contributed by atoms with Crippen molar-refractivity contribution in [3.63, 3.8) is 0 Å². The molecule has 0 spiro atoms. The van der Waals surface area contributed by atoms with Crippen molar-refractivity contribution in [2.45, 2.75) is 52.1 Å². The van der Waals surface area contributed by atoms with Crippen molar-refractivity contribution in [3.8, 4) is 0 Å². The first kappa shape index (κ1) is 15.7. The zero-order valence-electron chi connectivity index (χ0n) is 13.0. The van der Waals surface area contributed by atoms with Gasteiger partial charge in [-0.3, -0.25) is 0 Å². The number of ether oxygens (including phenoxy) is 1. The minimum Gasteiger partial charge on any atom is -0.372 e. The monoisotopic (exact) mass is 341 g/mol. The molecule has 5 heteroatoms. The molecule has 1 N–H and O–H groups in total. The summed E-state index contributed by atoms with van der Waals surface area (Å²) in [5.41, 5.74) is 0.991. The van der Waals surface area contributed by atoms with Gasteiger partial charge in [-0.05, 0) is 54.0 Å². The summed E-state index contributed by atoms with van der Waals surface area (Å²) in [6.45, 7) is 6.63. The summed E-state index contributed by atoms with van der Waals surface area (Å²) in [5.74, 6) is 1.63. The van der Waals surface area contributed by atoms with Gasteiger partial charge in [0, 0.05) is 14.2 Å². The Morgan fingerprint density at radius 3 is 2.25 bits per heavy atom. The summed E-state index contributed by atoms with van der Waals surface area (Å²) in [5, 5.41) is 3.12. The number of aromatic nitrogens is 2. The van der Waals surface area contributed by atoms with Gasteiger partial charge in [-0.25, -0.2) is 9.97 Å². The molecule has 0 aromatic carbocycles. The lowest BCUT2D eigenvalue weighted by Gasteiger charge is -2.41. The van der Waals surface area contributed by atoms with Crippen molar-refractivity contribution < 1.29 is 4.74 Å². The average Bonchev–Trinajstić information content (AvgIpc) is 2.42. The van der Waals surface area contributed by atoms with Crippen molar-refractivity contribution >= 4 is 21.7 Å². The Morgan fingerprint density at radius 2 is 1.75 bits per heavy atom. The van der Waals surface area contributed by atoms with E-state index in [0.29, 0.717) is 5.41 Å². The molecule has 0 saturated heterocycles. The predicted molar refractivity (Wildman–Crippen MR) is 85.0 cm³/mol. The van der Waals surface area contributed by atoms with E-state index in [2.05, 4.69) is 45.1 Å². The van der Waals surface area contributed by atoms with Crippen LogP contribution in [0.5, 0.6) is 0 Å². The maximum atomic E-state index is 5.88. The Hall–Kier alpha value is -0.680. The van der Waals surface area contributed by atoms with Crippen LogP contribution in [0.25, 0.3) is 0 Å². The highest BCUT2D eigenvalue weighted by Crippen LogP contribution is 2.46. The highest BCUT2D eigenvalue weighted by molar-refractivity contribution is 9.10. The molecule has 2 rings (SSSR count). The molecular formula is C15H24BrN3O. The van der Waals surface area contributed by atoms with Gasteiger partial charge in [0.05, 0.1) is 10.2 Å². The second-order valence-electron chi connectivity index (χ2n) is 6.41. The van der Waals surface area contributed by atoms with Crippen molar-refractivity contribution in [1.82, 2.24) is 9.97 Å². The van der Waals surface area contributed by atoms with Gasteiger partial charge in [0.15, 0.2) is 5.82 Å². The molecule has 0 atom stereocenters. The van der Waals surface area contributed by atoms with Crippen LogP contribution < -0.4 is 5.32 Å². The lowest BCUT2D eigenvalue weighted by molar-refractivity contribution is -0.0729. The fraction of sp³-hybridized carbons (Fsp3) is 0.733. The molecular weight excluding hydrogens is 318 g/mol. The Bertz CT molecular complexity index is 492. The molecule has 1 aliphatic carbocycles. The van der Waals surface area contributed by atoms with E-state index in [0.717, 1.165) is 47.5 Å². The first-order valence-corrected chi connectivity index (χ1v) is 7.90. The second-order valence-corrected chi connectivity index (χ2v) is 7.20. The average molecular weight is 342 g/mol. The molecule has 4 nitrogen and oxygen atoms in total. The van der Waals surface area contributed by atoms with Crippen LogP contribution in [-0.2, 0) is 10.3 Å². The van der Waals surface area contributed by atoms with Gasteiger partial charge < -0.3 is 10.1 Å². The fourth-order valence-corrected chi connectivity index (χ4v) is 3.15. The number of halogens is 1. The lowest BCUT2D eigenvalue weighted by Crippen LogP contribution is -2.38. The molecule has 1 fully saturated rings. The topological polar surface area (TPSA) is 47.0 Å². The van der Waals surface area contributed by atoms with Gasteiger partial charge in [0.1, 0.15) is 11.4 Å². The summed E-state index contributed by atoms with van der Waals surface area (Å²) in [7, 11) is 3.65. The van der Waals surface area contributed by atoms with Gasteiger partial charge in [0.25, 0.3) is 0 Å². The van der Waals surface area contributed by atoms with Gasteiger partial charge in [0.2, 0.25) is 0 Å². The Kier molecular flexibility index (Phi) is 4.40. The minimum atomic E-state index is -0.341. The highest BCUT2D eigenvalue weighted by atomic mass is 79.9. The van der Waals surface area contributed by atoms with E-state index in [-0.39, 0.29) is 5.60 Å². The number of nitrogens with zero attached hydrogens (tertiary/aromatic N) is 2. The van der Waals surface area contributed by atoms with E-state index >= 15 is 0 Å². The van der Waals surface area contributed by atoms with Crippen LogP contribution in [-0.4, -0.2) is 24.1 Å². The first-order chi connectivity index (χ1) is 9.33. The van der Waals surface area contributed by atoms with E-state index < -0.39 is 0 Å². The lowest BCUT2D eigenvalue weighted by atomic mass is 9.70. The number of methoxy groups -OCH3 is 1. The third kappa shape index (κ3) is 2.84. The molecule has 112 valence electrons.